The molecule has 0 bridgehead atoms. The summed E-state index contributed by atoms with van der Waals surface area (Å²) in [7, 11) is 0. The lowest BCUT2D eigenvalue weighted by atomic mass is 9.80. The predicted octanol–water partition coefficient (Wildman–Crippen LogP) is 5.23. The molecule has 3 heterocycles. The Labute approximate surface area is 233 Å². The van der Waals surface area contributed by atoms with Crippen LogP contribution < -0.4 is 10.1 Å². The second-order valence-electron chi connectivity index (χ2n) is 10.2. The third-order valence-corrected chi connectivity index (χ3v) is 7.14. The number of likely N-dealkylation sites (tertiary alicyclic amines) is 1. The first-order valence-corrected chi connectivity index (χ1v) is 12.9. The van der Waals surface area contributed by atoms with Gasteiger partial charge in [-0.3, -0.25) is 14.5 Å². The zero-order valence-electron chi connectivity index (χ0n) is 22.0. The fourth-order valence-corrected chi connectivity index (χ4v) is 5.20. The van der Waals surface area contributed by atoms with Crippen LogP contribution >= 0.6 is 24.8 Å². The number of rotatable bonds is 9. The van der Waals surface area contributed by atoms with Gasteiger partial charge in [0.1, 0.15) is 17.3 Å². The summed E-state index contributed by atoms with van der Waals surface area (Å²) >= 11 is 0. The van der Waals surface area contributed by atoms with Gasteiger partial charge in [-0.15, -0.1) is 24.8 Å². The SMILES string of the molecule is CCCCN1C(=O)C(CC(C)C)NC(=O)C12CCN(Cc1cccnc1Oc1ccccc1)CC2.Cl.Cl. The van der Waals surface area contributed by atoms with Crippen LogP contribution in [0, 0.1) is 5.92 Å². The number of nitrogens with one attached hydrogen (secondary N) is 1. The summed E-state index contributed by atoms with van der Waals surface area (Å²) in [5.41, 5.74) is 0.269. The zero-order valence-corrected chi connectivity index (χ0v) is 23.7. The van der Waals surface area contributed by atoms with E-state index in [2.05, 4.69) is 36.0 Å². The Bertz CT molecular complexity index is 1010. The fourth-order valence-electron chi connectivity index (χ4n) is 5.20. The largest absolute Gasteiger partial charge is 0.439 e. The number of unbranched alkanes of at least 4 members (excludes halogenated alkanes) is 1. The molecule has 0 aliphatic carbocycles. The van der Waals surface area contributed by atoms with Gasteiger partial charge in [0.25, 0.3) is 0 Å². The minimum Gasteiger partial charge on any atom is -0.439 e. The molecule has 9 heteroatoms. The van der Waals surface area contributed by atoms with Crippen LogP contribution in [0.25, 0.3) is 0 Å². The molecule has 2 aliphatic heterocycles. The zero-order chi connectivity index (χ0) is 24.8. The maximum atomic E-state index is 13.5. The number of ether oxygens (including phenoxy) is 1. The molecule has 1 unspecified atom stereocenters. The average Bonchev–Trinajstić information content (AvgIpc) is 2.85. The number of carbonyl (C=O) groups excluding carboxylic acids is 2. The van der Waals surface area contributed by atoms with E-state index in [1.807, 2.05) is 47.4 Å². The summed E-state index contributed by atoms with van der Waals surface area (Å²) in [6, 6.07) is 13.2. The summed E-state index contributed by atoms with van der Waals surface area (Å²) in [6.07, 6.45) is 5.60. The number of carbonyl (C=O) groups is 2. The van der Waals surface area contributed by atoms with E-state index in [1.54, 1.807) is 6.20 Å². The van der Waals surface area contributed by atoms with Gasteiger partial charge in [0.2, 0.25) is 17.7 Å². The summed E-state index contributed by atoms with van der Waals surface area (Å²) in [6.45, 7) is 9.11. The first-order valence-electron chi connectivity index (χ1n) is 12.9. The van der Waals surface area contributed by atoms with Crippen molar-refractivity contribution >= 4 is 36.6 Å². The molecule has 1 N–H and O–H groups in total. The van der Waals surface area contributed by atoms with Crippen molar-refractivity contribution in [2.75, 3.05) is 19.6 Å². The van der Waals surface area contributed by atoms with Crippen LogP contribution in [-0.2, 0) is 16.1 Å². The fraction of sp³-hybridized carbons (Fsp3) is 0.536. The monoisotopic (exact) mass is 550 g/mol. The summed E-state index contributed by atoms with van der Waals surface area (Å²) in [5.74, 6) is 1.81. The Morgan fingerprint density at radius 3 is 2.43 bits per heavy atom. The molecular formula is C28H40Cl2N4O3. The Kier molecular flexibility index (Phi) is 11.7. The lowest BCUT2D eigenvalue weighted by molar-refractivity contribution is -0.161. The third-order valence-electron chi connectivity index (χ3n) is 7.14. The van der Waals surface area contributed by atoms with Gasteiger partial charge < -0.3 is 15.0 Å². The highest BCUT2D eigenvalue weighted by Crippen LogP contribution is 2.35. The molecule has 2 amide bonds. The van der Waals surface area contributed by atoms with Crippen molar-refractivity contribution < 1.29 is 14.3 Å². The number of halogens is 2. The number of hydrogen-bond donors (Lipinski definition) is 1. The number of piperidine rings is 1. The standard InChI is InChI=1S/C28H38N4O3.2ClH/c1-4-5-16-32-26(33)24(19-21(2)3)30-27(34)28(32)13-17-31(18-14-28)20-22-10-9-15-29-25(22)35-23-11-7-6-8-12-23;;/h6-12,15,21,24H,4-5,13-14,16-20H2,1-3H3,(H,30,34);2*1H. The quantitative estimate of drug-likeness (QED) is 0.462. The molecule has 2 saturated heterocycles. The first-order chi connectivity index (χ1) is 16.9. The van der Waals surface area contributed by atoms with Crippen LogP contribution in [0.2, 0.25) is 0 Å². The summed E-state index contributed by atoms with van der Waals surface area (Å²) in [5, 5.41) is 3.09. The van der Waals surface area contributed by atoms with Crippen molar-refractivity contribution in [2.45, 2.75) is 71.0 Å². The maximum absolute atomic E-state index is 13.5. The highest BCUT2D eigenvalue weighted by Gasteiger charge is 2.53. The number of para-hydroxylation sites is 1. The van der Waals surface area contributed by atoms with Crippen molar-refractivity contribution in [3.05, 3.63) is 54.2 Å². The number of hydrogen-bond acceptors (Lipinski definition) is 5. The Balaban J connectivity index is 0.00000241. The minimum absolute atomic E-state index is 0. The predicted molar refractivity (Wildman–Crippen MR) is 150 cm³/mol. The second-order valence-corrected chi connectivity index (χ2v) is 10.2. The third kappa shape index (κ3) is 7.15. The van der Waals surface area contributed by atoms with Gasteiger partial charge in [-0.2, -0.15) is 0 Å². The highest BCUT2D eigenvalue weighted by molar-refractivity contribution is 6.00. The van der Waals surface area contributed by atoms with E-state index in [1.165, 1.54) is 0 Å². The Morgan fingerprint density at radius 2 is 1.78 bits per heavy atom. The summed E-state index contributed by atoms with van der Waals surface area (Å²) < 4.78 is 6.04. The molecule has 2 fully saturated rings. The molecular weight excluding hydrogens is 511 g/mol. The van der Waals surface area contributed by atoms with Crippen LogP contribution in [0.4, 0.5) is 0 Å². The molecule has 0 saturated carbocycles. The Hall–Kier alpha value is -2.35. The average molecular weight is 552 g/mol. The van der Waals surface area contributed by atoms with Crippen LogP contribution in [-0.4, -0.2) is 57.8 Å². The number of nitrogens with zero attached hydrogens (tertiary/aromatic N) is 3. The molecule has 1 aromatic carbocycles. The van der Waals surface area contributed by atoms with Gasteiger partial charge >= 0.3 is 0 Å². The molecule has 7 nitrogen and oxygen atoms in total. The van der Waals surface area contributed by atoms with Gasteiger partial charge in [-0.05, 0) is 49.8 Å². The summed E-state index contributed by atoms with van der Waals surface area (Å²) in [4.78, 5) is 35.6. The van der Waals surface area contributed by atoms with Gasteiger partial charge in [-0.25, -0.2) is 4.98 Å². The van der Waals surface area contributed by atoms with Crippen molar-refractivity contribution in [3.8, 4) is 11.6 Å². The van der Waals surface area contributed by atoms with Gasteiger partial charge in [0, 0.05) is 37.9 Å². The molecule has 1 spiro atoms. The van der Waals surface area contributed by atoms with E-state index in [0.717, 1.165) is 37.2 Å². The van der Waals surface area contributed by atoms with E-state index < -0.39 is 11.6 Å². The maximum Gasteiger partial charge on any atom is 0.246 e. The smallest absolute Gasteiger partial charge is 0.246 e. The lowest BCUT2D eigenvalue weighted by Crippen LogP contribution is -2.73. The lowest BCUT2D eigenvalue weighted by Gasteiger charge is -2.52. The molecule has 204 valence electrons. The van der Waals surface area contributed by atoms with E-state index in [4.69, 9.17) is 4.74 Å². The first kappa shape index (κ1) is 30.9. The van der Waals surface area contributed by atoms with E-state index in [-0.39, 0.29) is 36.6 Å². The number of aromatic nitrogens is 1. The van der Waals surface area contributed by atoms with Crippen molar-refractivity contribution in [1.29, 1.82) is 0 Å². The molecule has 2 aliphatic rings. The molecule has 4 rings (SSSR count). The molecule has 1 atom stereocenters. The normalized spacial score (nSPS) is 19.2. The highest BCUT2D eigenvalue weighted by atomic mass is 35.5. The van der Waals surface area contributed by atoms with Crippen molar-refractivity contribution in [2.24, 2.45) is 5.92 Å². The van der Waals surface area contributed by atoms with Crippen LogP contribution in [0.5, 0.6) is 11.6 Å². The van der Waals surface area contributed by atoms with Crippen molar-refractivity contribution in [1.82, 2.24) is 20.1 Å². The molecule has 37 heavy (non-hydrogen) atoms. The van der Waals surface area contributed by atoms with Gasteiger partial charge in [-0.1, -0.05) is 51.5 Å². The minimum atomic E-state index is -0.742. The molecule has 0 radical (unpaired) electrons. The topological polar surface area (TPSA) is 74.8 Å². The Morgan fingerprint density at radius 1 is 1.08 bits per heavy atom. The number of piperazine rings is 1. The van der Waals surface area contributed by atoms with Crippen LogP contribution in [0.1, 0.15) is 58.4 Å². The molecule has 2 aromatic rings. The van der Waals surface area contributed by atoms with Crippen LogP contribution in [0.3, 0.4) is 0 Å². The van der Waals surface area contributed by atoms with E-state index in [0.29, 0.717) is 44.1 Å². The van der Waals surface area contributed by atoms with Gasteiger partial charge in [0.05, 0.1) is 0 Å². The number of benzene rings is 1. The van der Waals surface area contributed by atoms with Crippen molar-refractivity contribution in [3.63, 3.8) is 0 Å². The van der Waals surface area contributed by atoms with E-state index in [9.17, 15) is 9.59 Å². The van der Waals surface area contributed by atoms with Crippen LogP contribution in [0.15, 0.2) is 48.7 Å². The second kappa shape index (κ2) is 14.0. The number of amides is 2. The van der Waals surface area contributed by atoms with E-state index >= 15 is 0 Å². The number of pyridine rings is 1. The van der Waals surface area contributed by atoms with Gasteiger partial charge in [0.15, 0.2) is 0 Å². The molecule has 1 aromatic heterocycles.